The molecule has 23 heavy (non-hydrogen) atoms. The lowest BCUT2D eigenvalue weighted by Gasteiger charge is -2.23. The predicted octanol–water partition coefficient (Wildman–Crippen LogP) is 1.89. The number of nitrogens with zero attached hydrogens (tertiary/aromatic N) is 1. The lowest BCUT2D eigenvalue weighted by molar-refractivity contribution is 0.00875. The van der Waals surface area contributed by atoms with E-state index in [1.165, 1.54) is 4.31 Å². The van der Waals surface area contributed by atoms with Gasteiger partial charge in [-0.05, 0) is 30.7 Å². The number of para-hydroxylation sites is 1. The number of sulfonamides is 1. The van der Waals surface area contributed by atoms with E-state index in [-0.39, 0.29) is 24.6 Å². The Hall–Kier alpha value is -1.89. The molecule has 1 heterocycles. The average molecular weight is 333 g/mol. The molecule has 1 fully saturated rings. The number of benzene rings is 2. The highest BCUT2D eigenvalue weighted by molar-refractivity contribution is 7.89. The van der Waals surface area contributed by atoms with E-state index in [1.807, 2.05) is 18.2 Å². The van der Waals surface area contributed by atoms with Crippen LogP contribution in [0.15, 0.2) is 65.6 Å². The molecule has 3 rings (SSSR count). The van der Waals surface area contributed by atoms with Crippen LogP contribution < -0.4 is 4.74 Å². The normalized spacial score (nSPS) is 22.1. The fraction of sp³-hybridized carbons (Fsp3) is 0.294. The molecule has 0 radical (unpaired) electrons. The first-order valence-corrected chi connectivity index (χ1v) is 8.89. The lowest BCUT2D eigenvalue weighted by atomic mass is 10.1. The van der Waals surface area contributed by atoms with E-state index in [0.717, 1.165) is 0 Å². The van der Waals surface area contributed by atoms with E-state index in [0.29, 0.717) is 12.2 Å². The SMILES string of the molecule is O=S(=O)(c1ccccc1)N1CC[C@@](O)(COc2ccccc2)C1. The van der Waals surface area contributed by atoms with Gasteiger partial charge < -0.3 is 9.84 Å². The Kier molecular flexibility index (Phi) is 4.39. The summed E-state index contributed by atoms with van der Waals surface area (Å²) >= 11 is 0. The summed E-state index contributed by atoms with van der Waals surface area (Å²) in [5, 5.41) is 10.6. The largest absolute Gasteiger partial charge is 0.491 e. The second-order valence-corrected chi connectivity index (χ2v) is 7.67. The van der Waals surface area contributed by atoms with Crippen LogP contribution in [0.4, 0.5) is 0 Å². The number of hydrogen-bond donors (Lipinski definition) is 1. The third kappa shape index (κ3) is 3.55. The molecule has 122 valence electrons. The maximum atomic E-state index is 12.6. The second kappa shape index (κ2) is 6.31. The van der Waals surface area contributed by atoms with Gasteiger partial charge in [-0.25, -0.2) is 8.42 Å². The number of β-amino-alcohol motifs (C(OH)–C–C–N with tert-alkyl or cyclic N) is 1. The molecule has 1 saturated heterocycles. The smallest absolute Gasteiger partial charge is 0.243 e. The Morgan fingerprint density at radius 3 is 2.30 bits per heavy atom. The van der Waals surface area contributed by atoms with Crippen molar-refractivity contribution < 1.29 is 18.3 Å². The van der Waals surface area contributed by atoms with E-state index in [9.17, 15) is 13.5 Å². The molecule has 0 saturated carbocycles. The summed E-state index contributed by atoms with van der Waals surface area (Å²) in [6, 6.07) is 17.5. The molecule has 2 aromatic carbocycles. The van der Waals surface area contributed by atoms with Crippen LogP contribution in [0.1, 0.15) is 6.42 Å². The molecule has 0 aromatic heterocycles. The Bertz CT molecular complexity index is 749. The molecular formula is C17H19NO4S. The zero-order valence-electron chi connectivity index (χ0n) is 12.6. The molecule has 0 aliphatic carbocycles. The van der Waals surface area contributed by atoms with Gasteiger partial charge in [-0.3, -0.25) is 0 Å². The average Bonchev–Trinajstić information content (AvgIpc) is 2.98. The number of ether oxygens (including phenoxy) is 1. The van der Waals surface area contributed by atoms with Crippen molar-refractivity contribution in [2.45, 2.75) is 16.9 Å². The minimum Gasteiger partial charge on any atom is -0.491 e. The highest BCUT2D eigenvalue weighted by atomic mass is 32.2. The maximum Gasteiger partial charge on any atom is 0.243 e. The highest BCUT2D eigenvalue weighted by Crippen LogP contribution is 2.28. The third-order valence-corrected chi connectivity index (χ3v) is 5.79. The molecule has 1 atom stereocenters. The Balaban J connectivity index is 1.68. The van der Waals surface area contributed by atoms with Gasteiger partial charge in [-0.2, -0.15) is 4.31 Å². The fourth-order valence-electron chi connectivity index (χ4n) is 2.62. The minimum absolute atomic E-state index is 0.0388. The van der Waals surface area contributed by atoms with Crippen molar-refractivity contribution >= 4 is 10.0 Å². The van der Waals surface area contributed by atoms with E-state index in [4.69, 9.17) is 4.74 Å². The summed E-state index contributed by atoms with van der Waals surface area (Å²) in [5.74, 6) is 0.658. The van der Waals surface area contributed by atoms with Crippen LogP contribution in [0.3, 0.4) is 0 Å². The van der Waals surface area contributed by atoms with Gasteiger partial charge in [0.25, 0.3) is 0 Å². The molecule has 6 heteroatoms. The fourth-order valence-corrected chi connectivity index (χ4v) is 4.16. The van der Waals surface area contributed by atoms with Gasteiger partial charge in [-0.15, -0.1) is 0 Å². The molecule has 0 unspecified atom stereocenters. The van der Waals surface area contributed by atoms with Crippen molar-refractivity contribution in [3.63, 3.8) is 0 Å². The molecule has 0 spiro atoms. The van der Waals surface area contributed by atoms with Crippen molar-refractivity contribution in [1.29, 1.82) is 0 Å². The monoisotopic (exact) mass is 333 g/mol. The summed E-state index contributed by atoms with van der Waals surface area (Å²) in [6.07, 6.45) is 0.353. The topological polar surface area (TPSA) is 66.8 Å². The van der Waals surface area contributed by atoms with Crippen molar-refractivity contribution in [3.05, 3.63) is 60.7 Å². The van der Waals surface area contributed by atoms with E-state index >= 15 is 0 Å². The van der Waals surface area contributed by atoms with Gasteiger partial charge in [0.15, 0.2) is 0 Å². The van der Waals surface area contributed by atoms with Gasteiger partial charge >= 0.3 is 0 Å². The Morgan fingerprint density at radius 2 is 1.65 bits per heavy atom. The zero-order chi connectivity index (χ0) is 16.3. The van der Waals surface area contributed by atoms with Crippen LogP contribution in [-0.4, -0.2) is 43.1 Å². The van der Waals surface area contributed by atoms with Crippen LogP contribution in [0.25, 0.3) is 0 Å². The predicted molar refractivity (Wildman–Crippen MR) is 86.7 cm³/mol. The molecule has 5 nitrogen and oxygen atoms in total. The first-order chi connectivity index (χ1) is 11.0. The lowest BCUT2D eigenvalue weighted by Crippen LogP contribution is -2.40. The maximum absolute atomic E-state index is 12.6. The minimum atomic E-state index is -3.57. The highest BCUT2D eigenvalue weighted by Gasteiger charge is 2.42. The Morgan fingerprint density at radius 1 is 1.04 bits per heavy atom. The Labute approximate surface area is 136 Å². The summed E-state index contributed by atoms with van der Waals surface area (Å²) in [7, 11) is -3.57. The van der Waals surface area contributed by atoms with Crippen molar-refractivity contribution in [2.24, 2.45) is 0 Å². The van der Waals surface area contributed by atoms with Crippen LogP contribution in [0, 0.1) is 0 Å². The van der Waals surface area contributed by atoms with Gasteiger partial charge in [-0.1, -0.05) is 36.4 Å². The third-order valence-electron chi connectivity index (χ3n) is 3.93. The second-order valence-electron chi connectivity index (χ2n) is 5.73. The standard InChI is InChI=1S/C17H19NO4S/c19-17(14-22-15-7-3-1-4-8-15)11-12-18(13-17)23(20,21)16-9-5-2-6-10-16/h1-10,19H,11-14H2/t17-/m0/s1. The molecule has 0 amide bonds. The summed E-state index contributed by atoms with van der Waals surface area (Å²) < 4.78 is 32.0. The van der Waals surface area contributed by atoms with Crippen LogP contribution in [0.2, 0.25) is 0 Å². The summed E-state index contributed by atoms with van der Waals surface area (Å²) in [6.45, 7) is 0.390. The van der Waals surface area contributed by atoms with Crippen molar-refractivity contribution in [2.75, 3.05) is 19.7 Å². The molecule has 1 N–H and O–H groups in total. The van der Waals surface area contributed by atoms with Crippen LogP contribution in [0.5, 0.6) is 5.75 Å². The van der Waals surface area contributed by atoms with Gasteiger partial charge in [0.05, 0.1) is 4.90 Å². The van der Waals surface area contributed by atoms with E-state index < -0.39 is 15.6 Å². The summed E-state index contributed by atoms with van der Waals surface area (Å²) in [4.78, 5) is 0.244. The van der Waals surface area contributed by atoms with Gasteiger partial charge in [0.2, 0.25) is 10.0 Å². The first kappa shape index (κ1) is 16.0. The van der Waals surface area contributed by atoms with Crippen LogP contribution in [-0.2, 0) is 10.0 Å². The molecule has 0 bridgehead atoms. The van der Waals surface area contributed by atoms with Gasteiger partial charge in [0.1, 0.15) is 18.0 Å². The molecule has 1 aliphatic heterocycles. The zero-order valence-corrected chi connectivity index (χ0v) is 13.4. The summed E-state index contributed by atoms with van der Waals surface area (Å²) in [5.41, 5.74) is -1.17. The molecule has 2 aromatic rings. The molecular weight excluding hydrogens is 314 g/mol. The van der Waals surface area contributed by atoms with Crippen LogP contribution >= 0.6 is 0 Å². The van der Waals surface area contributed by atoms with E-state index in [1.54, 1.807) is 42.5 Å². The molecule has 1 aliphatic rings. The number of hydrogen-bond acceptors (Lipinski definition) is 4. The number of aliphatic hydroxyl groups is 1. The van der Waals surface area contributed by atoms with Crippen molar-refractivity contribution in [1.82, 2.24) is 4.31 Å². The first-order valence-electron chi connectivity index (χ1n) is 7.45. The van der Waals surface area contributed by atoms with Gasteiger partial charge in [0, 0.05) is 13.1 Å². The number of rotatable bonds is 5. The van der Waals surface area contributed by atoms with Crippen molar-refractivity contribution in [3.8, 4) is 5.75 Å². The quantitative estimate of drug-likeness (QED) is 0.907. The van der Waals surface area contributed by atoms with E-state index in [2.05, 4.69) is 0 Å².